The zero-order chi connectivity index (χ0) is 30.4. The van der Waals surface area contributed by atoms with Crippen molar-refractivity contribution in [3.8, 4) is 0 Å². The fourth-order valence-corrected chi connectivity index (χ4v) is 9.20. The van der Waals surface area contributed by atoms with Gasteiger partial charge in [-0.3, -0.25) is 10.9 Å². The van der Waals surface area contributed by atoms with Crippen LogP contribution in [0.1, 0.15) is 54.7 Å². The number of alkyl halides is 3. The third kappa shape index (κ3) is 6.49. The van der Waals surface area contributed by atoms with Gasteiger partial charge in [-0.1, -0.05) is 53.5 Å². The molecule has 11 heteroatoms. The molecule has 1 aliphatic carbocycles. The molecule has 0 amide bonds. The summed E-state index contributed by atoms with van der Waals surface area (Å²) in [6, 6.07) is 20.7. The minimum atomic E-state index is -4.60. The van der Waals surface area contributed by atoms with E-state index in [1.54, 1.807) is 0 Å². The lowest BCUT2D eigenvalue weighted by molar-refractivity contribution is -0.137. The van der Waals surface area contributed by atoms with Gasteiger partial charge in [0.25, 0.3) is 0 Å². The van der Waals surface area contributed by atoms with Crippen molar-refractivity contribution in [1.82, 2.24) is 15.2 Å². The maximum Gasteiger partial charge on any atom is 0.416 e. The summed E-state index contributed by atoms with van der Waals surface area (Å²) in [6.45, 7) is 0.556. The van der Waals surface area contributed by atoms with Gasteiger partial charge in [0.1, 0.15) is 0 Å². The highest BCUT2D eigenvalue weighted by Gasteiger charge is 2.46. The van der Waals surface area contributed by atoms with Gasteiger partial charge in [-0.25, -0.2) is 8.42 Å². The summed E-state index contributed by atoms with van der Waals surface area (Å²) < 4.78 is 67.5. The van der Waals surface area contributed by atoms with Crippen LogP contribution in [0, 0.1) is 17.8 Å². The Hall–Kier alpha value is -2.14. The first-order valence-corrected chi connectivity index (χ1v) is 16.9. The highest BCUT2D eigenvalue weighted by molar-refractivity contribution is 7.89. The quantitative estimate of drug-likeness (QED) is 0.290. The van der Waals surface area contributed by atoms with E-state index in [0.29, 0.717) is 40.8 Å². The van der Waals surface area contributed by atoms with Crippen LogP contribution >= 0.6 is 23.2 Å². The molecule has 3 fully saturated rings. The van der Waals surface area contributed by atoms with Crippen molar-refractivity contribution in [2.45, 2.75) is 61.2 Å². The highest BCUT2D eigenvalue weighted by atomic mass is 35.5. The fourth-order valence-electron chi connectivity index (χ4n) is 7.43. The Morgan fingerprint density at radius 3 is 2.00 bits per heavy atom. The number of hydrogen-bond donors (Lipinski definition) is 2. The molecule has 0 bridgehead atoms. The SMILES string of the molecule is O=S(=O)(c1cccc(C(F)(F)F)c1)N1CCC(C2NNC3CCC(C(c4ccc(Cl)cc4)c4ccc(Cl)cc4)CC32)CC1. The highest BCUT2D eigenvalue weighted by Crippen LogP contribution is 2.46. The molecule has 2 N–H and O–H groups in total. The number of fused-ring (bicyclic) bond motifs is 1. The number of hydrazine groups is 1. The Labute approximate surface area is 260 Å². The lowest BCUT2D eigenvalue weighted by atomic mass is 9.66. The first-order valence-electron chi connectivity index (χ1n) is 14.7. The molecule has 5 nitrogen and oxygen atoms in total. The van der Waals surface area contributed by atoms with E-state index in [1.165, 1.54) is 21.5 Å². The number of halogens is 5. The van der Waals surface area contributed by atoms with Crippen molar-refractivity contribution in [2.24, 2.45) is 17.8 Å². The van der Waals surface area contributed by atoms with E-state index >= 15 is 0 Å². The smallest absolute Gasteiger partial charge is 0.254 e. The van der Waals surface area contributed by atoms with Crippen LogP contribution in [0.4, 0.5) is 13.2 Å². The second-order valence-electron chi connectivity index (χ2n) is 12.0. The molecule has 0 aromatic heterocycles. The molecule has 0 radical (unpaired) electrons. The monoisotopic (exact) mass is 651 g/mol. The van der Waals surface area contributed by atoms with Crippen LogP contribution in [0.3, 0.4) is 0 Å². The predicted molar refractivity (Wildman–Crippen MR) is 162 cm³/mol. The van der Waals surface area contributed by atoms with Crippen molar-refractivity contribution in [2.75, 3.05) is 13.1 Å². The Balaban J connectivity index is 1.16. The minimum Gasteiger partial charge on any atom is -0.254 e. The first-order chi connectivity index (χ1) is 20.5. The maximum atomic E-state index is 13.3. The van der Waals surface area contributed by atoms with Crippen molar-refractivity contribution in [3.05, 3.63) is 99.5 Å². The van der Waals surface area contributed by atoms with E-state index in [-0.39, 0.29) is 35.9 Å². The lowest BCUT2D eigenvalue weighted by Gasteiger charge is -2.41. The maximum absolute atomic E-state index is 13.3. The molecule has 1 saturated carbocycles. The van der Waals surface area contributed by atoms with Crippen LogP contribution in [0.2, 0.25) is 10.0 Å². The summed E-state index contributed by atoms with van der Waals surface area (Å²) in [6.07, 6.45) is -0.222. The summed E-state index contributed by atoms with van der Waals surface area (Å²) in [5.74, 6) is 1.21. The first kappa shape index (κ1) is 30.9. The third-order valence-electron chi connectivity index (χ3n) is 9.57. The van der Waals surface area contributed by atoms with Gasteiger partial charge < -0.3 is 0 Å². The number of piperidine rings is 1. The normalized spacial score (nSPS) is 25.6. The molecule has 3 aromatic carbocycles. The molecule has 4 atom stereocenters. The van der Waals surface area contributed by atoms with Gasteiger partial charge in [-0.15, -0.1) is 0 Å². The van der Waals surface area contributed by atoms with Crippen LogP contribution in [-0.4, -0.2) is 37.9 Å². The van der Waals surface area contributed by atoms with Crippen LogP contribution in [0.15, 0.2) is 77.7 Å². The lowest BCUT2D eigenvalue weighted by Crippen LogP contribution is -2.46. The van der Waals surface area contributed by atoms with Crippen molar-refractivity contribution >= 4 is 33.2 Å². The van der Waals surface area contributed by atoms with E-state index in [1.807, 2.05) is 24.3 Å². The molecule has 4 unspecified atom stereocenters. The Morgan fingerprint density at radius 2 is 1.42 bits per heavy atom. The van der Waals surface area contributed by atoms with Crippen LogP contribution < -0.4 is 10.9 Å². The van der Waals surface area contributed by atoms with Crippen molar-refractivity contribution in [1.29, 1.82) is 0 Å². The van der Waals surface area contributed by atoms with Gasteiger partial charge in [0.05, 0.1) is 10.5 Å². The predicted octanol–water partition coefficient (Wildman–Crippen LogP) is 7.51. The number of nitrogens with zero attached hydrogens (tertiary/aromatic N) is 1. The molecule has 2 aliphatic heterocycles. The standard InChI is InChI=1S/C32H34Cl2F3N3O2S/c33-25-9-4-20(5-10-25)30(21-6-11-26(34)12-7-21)23-8-13-29-28(18-23)31(39-38-29)22-14-16-40(17-15-22)43(41,42)27-3-1-2-24(19-27)32(35,36)37/h1-7,9-12,19,22-23,28-31,38-39H,8,13-18H2. The molecule has 3 aliphatic rings. The molecule has 43 heavy (non-hydrogen) atoms. The molecule has 2 saturated heterocycles. The molecule has 6 rings (SSSR count). The fraction of sp³-hybridized carbons (Fsp3) is 0.438. The van der Waals surface area contributed by atoms with Crippen LogP contribution in [0.25, 0.3) is 0 Å². The summed E-state index contributed by atoms with van der Waals surface area (Å²) in [5, 5.41) is 1.40. The third-order valence-corrected chi connectivity index (χ3v) is 12.0. The summed E-state index contributed by atoms with van der Waals surface area (Å²) >= 11 is 12.4. The van der Waals surface area contributed by atoms with Gasteiger partial charge >= 0.3 is 6.18 Å². The second-order valence-corrected chi connectivity index (χ2v) is 14.8. The Bertz CT molecular complexity index is 1480. The average molecular weight is 653 g/mol. The van der Waals surface area contributed by atoms with E-state index < -0.39 is 21.8 Å². The van der Waals surface area contributed by atoms with Crippen LogP contribution in [0.5, 0.6) is 0 Å². The Morgan fingerprint density at radius 1 is 0.814 bits per heavy atom. The number of rotatable bonds is 6. The van der Waals surface area contributed by atoms with Crippen molar-refractivity contribution < 1.29 is 21.6 Å². The number of sulfonamides is 1. The molecular weight excluding hydrogens is 618 g/mol. The molecule has 3 aromatic rings. The van der Waals surface area contributed by atoms with Crippen LogP contribution in [-0.2, 0) is 16.2 Å². The van der Waals surface area contributed by atoms with Crippen molar-refractivity contribution in [3.63, 3.8) is 0 Å². The van der Waals surface area contributed by atoms with E-state index in [9.17, 15) is 21.6 Å². The molecule has 230 valence electrons. The summed E-state index contributed by atoms with van der Waals surface area (Å²) in [7, 11) is -4.02. The Kier molecular flexibility index (Phi) is 8.85. The number of nitrogens with one attached hydrogen (secondary N) is 2. The van der Waals surface area contributed by atoms with E-state index in [4.69, 9.17) is 23.2 Å². The van der Waals surface area contributed by atoms with Gasteiger partial charge in [-0.2, -0.15) is 17.5 Å². The zero-order valence-corrected chi connectivity index (χ0v) is 25.7. The van der Waals surface area contributed by atoms with Gasteiger partial charge in [0, 0.05) is 41.1 Å². The molecule has 0 spiro atoms. The average Bonchev–Trinajstić information content (AvgIpc) is 3.42. The minimum absolute atomic E-state index is 0.183. The second kappa shape index (κ2) is 12.3. The number of benzene rings is 3. The van der Waals surface area contributed by atoms with Gasteiger partial charge in [-0.05, 0) is 103 Å². The summed E-state index contributed by atoms with van der Waals surface area (Å²) in [5.41, 5.74) is 8.56. The molecular formula is C32H34Cl2F3N3O2S. The zero-order valence-electron chi connectivity index (χ0n) is 23.4. The van der Waals surface area contributed by atoms with Gasteiger partial charge in [0.2, 0.25) is 10.0 Å². The van der Waals surface area contributed by atoms with E-state index in [2.05, 4.69) is 35.1 Å². The summed E-state index contributed by atoms with van der Waals surface area (Å²) in [4.78, 5) is -0.313. The van der Waals surface area contributed by atoms with E-state index in [0.717, 1.165) is 37.5 Å². The number of hydrogen-bond acceptors (Lipinski definition) is 4. The molecule has 2 heterocycles. The largest absolute Gasteiger partial charge is 0.416 e. The van der Waals surface area contributed by atoms with Gasteiger partial charge in [0.15, 0.2) is 0 Å². The topological polar surface area (TPSA) is 61.4 Å².